The molecule has 0 saturated carbocycles. The number of rotatable bonds is 4. The van der Waals surface area contributed by atoms with Crippen LogP contribution in [-0.4, -0.2) is 29.8 Å². The van der Waals surface area contributed by atoms with Crippen molar-refractivity contribution in [1.29, 1.82) is 0 Å². The molecule has 0 aliphatic rings. The minimum Gasteiger partial charge on any atom is -0.313 e. The highest BCUT2D eigenvalue weighted by molar-refractivity contribution is 7.88. The van der Waals surface area contributed by atoms with E-state index in [9.17, 15) is 13.2 Å². The summed E-state index contributed by atoms with van der Waals surface area (Å²) >= 11 is 0. The Bertz CT molecular complexity index is 483. The molecule has 6 nitrogen and oxygen atoms in total. The van der Waals surface area contributed by atoms with Crippen molar-refractivity contribution in [3.05, 3.63) is 22.9 Å². The van der Waals surface area contributed by atoms with Gasteiger partial charge in [0, 0.05) is 24.5 Å². The van der Waals surface area contributed by atoms with Crippen molar-refractivity contribution in [1.82, 2.24) is 14.3 Å². The minimum absolute atomic E-state index is 0.252. The Balaban J connectivity index is 2.82. The van der Waals surface area contributed by atoms with Gasteiger partial charge in [0.15, 0.2) is 0 Å². The molecule has 86 valence electrons. The van der Waals surface area contributed by atoms with Crippen LogP contribution in [0.25, 0.3) is 0 Å². The summed E-state index contributed by atoms with van der Waals surface area (Å²) in [6.45, 7) is 3.71. The first-order valence-electron chi connectivity index (χ1n) is 4.42. The fourth-order valence-corrected chi connectivity index (χ4v) is 2.50. The summed E-state index contributed by atoms with van der Waals surface area (Å²) in [4.78, 5) is 13.7. The summed E-state index contributed by atoms with van der Waals surface area (Å²) in [7, 11) is -3.27. The molecule has 0 bridgehead atoms. The Hall–Kier alpha value is -1.08. The highest BCUT2D eigenvalue weighted by Crippen LogP contribution is 2.06. The normalized spacial score (nSPS) is 13.0. The van der Waals surface area contributed by atoms with Crippen molar-refractivity contribution < 1.29 is 8.42 Å². The molecule has 0 aliphatic carbocycles. The van der Waals surface area contributed by atoms with Crippen LogP contribution in [-0.2, 0) is 16.6 Å². The first-order chi connectivity index (χ1) is 6.70. The second-order valence-corrected chi connectivity index (χ2v) is 5.90. The molecular weight excluding hydrogens is 218 g/mol. The number of H-pyrrole nitrogens is 1. The van der Waals surface area contributed by atoms with Gasteiger partial charge in [-0.2, -0.15) is 0 Å². The highest BCUT2D eigenvalue weighted by Gasteiger charge is 2.23. The van der Waals surface area contributed by atoms with Crippen molar-refractivity contribution in [3.63, 3.8) is 0 Å². The number of nitrogens with zero attached hydrogens (tertiary/aromatic N) is 1. The van der Waals surface area contributed by atoms with Crippen LogP contribution in [0.5, 0.6) is 0 Å². The first-order valence-corrected chi connectivity index (χ1v) is 6.31. The van der Waals surface area contributed by atoms with Crippen LogP contribution in [0.2, 0.25) is 0 Å². The third kappa shape index (κ3) is 3.88. The maximum absolute atomic E-state index is 11.2. The van der Waals surface area contributed by atoms with Crippen LogP contribution in [0.15, 0.2) is 17.2 Å². The fourth-order valence-electron chi connectivity index (χ4n) is 1.43. The number of aromatic nitrogens is 2. The molecule has 1 heterocycles. The lowest BCUT2D eigenvalue weighted by Gasteiger charge is -2.24. The second kappa shape index (κ2) is 3.82. The Kier molecular flexibility index (Phi) is 3.05. The van der Waals surface area contributed by atoms with E-state index in [1.807, 2.05) is 0 Å². The number of hydrogen-bond donors (Lipinski definition) is 2. The van der Waals surface area contributed by atoms with Crippen LogP contribution >= 0.6 is 0 Å². The van der Waals surface area contributed by atoms with E-state index in [0.29, 0.717) is 0 Å². The molecule has 1 aromatic rings. The molecule has 0 amide bonds. The van der Waals surface area contributed by atoms with Gasteiger partial charge in [-0.3, -0.25) is 4.57 Å². The minimum atomic E-state index is -3.27. The zero-order valence-electron chi connectivity index (χ0n) is 8.94. The van der Waals surface area contributed by atoms with E-state index < -0.39 is 15.6 Å². The standard InChI is InChI=1S/C8H15N3O3S/c1-8(2,10-15(3,13)14)6-11-5-4-9-7(11)12/h4-5,10H,6H2,1-3H3,(H,9,12). The van der Waals surface area contributed by atoms with Crippen molar-refractivity contribution in [2.45, 2.75) is 25.9 Å². The average molecular weight is 233 g/mol. The Morgan fingerprint density at radius 2 is 2.13 bits per heavy atom. The topological polar surface area (TPSA) is 84.0 Å². The molecule has 0 atom stereocenters. The molecule has 0 aromatic carbocycles. The monoisotopic (exact) mass is 233 g/mol. The zero-order valence-corrected chi connectivity index (χ0v) is 9.76. The summed E-state index contributed by atoms with van der Waals surface area (Å²) in [5.41, 5.74) is -0.946. The highest BCUT2D eigenvalue weighted by atomic mass is 32.2. The first kappa shape index (κ1) is 12.0. The Labute approximate surface area is 88.4 Å². The lowest BCUT2D eigenvalue weighted by Crippen LogP contribution is -2.47. The number of sulfonamides is 1. The van der Waals surface area contributed by atoms with Gasteiger partial charge in [0.25, 0.3) is 0 Å². The summed E-state index contributed by atoms with van der Waals surface area (Å²) < 4.78 is 26.0. The lowest BCUT2D eigenvalue weighted by molar-refractivity contribution is 0.386. The van der Waals surface area contributed by atoms with E-state index in [2.05, 4.69) is 9.71 Å². The lowest BCUT2D eigenvalue weighted by atomic mass is 10.1. The molecule has 0 spiro atoms. The third-order valence-corrected chi connectivity index (χ3v) is 2.67. The van der Waals surface area contributed by atoms with Crippen LogP contribution in [0, 0.1) is 0 Å². The van der Waals surface area contributed by atoms with Crippen LogP contribution < -0.4 is 10.4 Å². The average Bonchev–Trinajstić information content (AvgIpc) is 2.29. The van der Waals surface area contributed by atoms with Gasteiger partial charge in [-0.15, -0.1) is 0 Å². The zero-order chi connectivity index (χ0) is 11.7. The molecule has 7 heteroatoms. The molecule has 0 saturated heterocycles. The maximum Gasteiger partial charge on any atom is 0.325 e. The molecular formula is C8H15N3O3S. The Morgan fingerprint density at radius 3 is 2.53 bits per heavy atom. The quantitative estimate of drug-likeness (QED) is 0.735. The van der Waals surface area contributed by atoms with E-state index >= 15 is 0 Å². The van der Waals surface area contributed by atoms with Crippen molar-refractivity contribution in [2.75, 3.05) is 6.26 Å². The predicted octanol–water partition coefficient (Wildman–Crippen LogP) is -0.496. The van der Waals surface area contributed by atoms with E-state index in [0.717, 1.165) is 6.26 Å². The molecule has 15 heavy (non-hydrogen) atoms. The van der Waals surface area contributed by atoms with Crippen LogP contribution in [0.1, 0.15) is 13.8 Å². The summed E-state index contributed by atoms with van der Waals surface area (Å²) in [6.07, 6.45) is 4.18. The SMILES string of the molecule is CC(C)(Cn1cc[nH]c1=O)NS(C)(=O)=O. The van der Waals surface area contributed by atoms with E-state index in [1.165, 1.54) is 10.8 Å². The van der Waals surface area contributed by atoms with Gasteiger partial charge in [-0.05, 0) is 13.8 Å². The summed E-state index contributed by atoms with van der Waals surface area (Å²) in [5, 5.41) is 0. The number of imidazole rings is 1. The van der Waals surface area contributed by atoms with Gasteiger partial charge in [-0.25, -0.2) is 17.9 Å². The Morgan fingerprint density at radius 1 is 1.53 bits per heavy atom. The van der Waals surface area contributed by atoms with Crippen LogP contribution in [0.3, 0.4) is 0 Å². The predicted molar refractivity (Wildman–Crippen MR) is 57.1 cm³/mol. The van der Waals surface area contributed by atoms with Gasteiger partial charge in [0.05, 0.1) is 6.26 Å². The van der Waals surface area contributed by atoms with Gasteiger partial charge in [-0.1, -0.05) is 0 Å². The molecule has 0 radical (unpaired) electrons. The van der Waals surface area contributed by atoms with Gasteiger partial charge in [0.1, 0.15) is 0 Å². The summed E-state index contributed by atoms with van der Waals surface area (Å²) in [5.74, 6) is 0. The van der Waals surface area contributed by atoms with Gasteiger partial charge >= 0.3 is 5.69 Å². The summed E-state index contributed by atoms with van der Waals surface area (Å²) in [6, 6.07) is 0. The maximum atomic E-state index is 11.2. The molecule has 0 aliphatic heterocycles. The number of hydrogen-bond acceptors (Lipinski definition) is 3. The number of aromatic amines is 1. The molecule has 0 fully saturated rings. The van der Waals surface area contributed by atoms with Crippen molar-refractivity contribution in [2.24, 2.45) is 0 Å². The van der Waals surface area contributed by atoms with Gasteiger partial charge in [0.2, 0.25) is 10.0 Å². The molecule has 1 rings (SSSR count). The van der Waals surface area contributed by atoms with Crippen molar-refractivity contribution >= 4 is 10.0 Å². The van der Waals surface area contributed by atoms with Gasteiger partial charge < -0.3 is 4.98 Å². The van der Waals surface area contributed by atoms with E-state index in [4.69, 9.17) is 0 Å². The van der Waals surface area contributed by atoms with Crippen molar-refractivity contribution in [3.8, 4) is 0 Å². The molecule has 2 N–H and O–H groups in total. The molecule has 1 aromatic heterocycles. The smallest absolute Gasteiger partial charge is 0.313 e. The van der Waals surface area contributed by atoms with E-state index in [-0.39, 0.29) is 12.2 Å². The largest absolute Gasteiger partial charge is 0.325 e. The third-order valence-electron chi connectivity index (χ3n) is 1.75. The second-order valence-electron chi connectivity index (χ2n) is 4.15. The van der Waals surface area contributed by atoms with Crippen LogP contribution in [0.4, 0.5) is 0 Å². The number of nitrogens with one attached hydrogen (secondary N) is 2. The van der Waals surface area contributed by atoms with E-state index in [1.54, 1.807) is 20.0 Å². The molecule has 0 unspecified atom stereocenters. The fraction of sp³-hybridized carbons (Fsp3) is 0.625.